The number of aliphatic hydroxyl groups excluding tert-OH is 2. The van der Waals surface area contributed by atoms with Crippen LogP contribution >= 0.6 is 0 Å². The molecule has 0 fully saturated rings. The van der Waals surface area contributed by atoms with Crippen LogP contribution in [-0.4, -0.2) is 57.2 Å². The molecule has 0 aliphatic heterocycles. The standard InChI is InChI=1S/C19H33NO2.C4H7NO4/c1-2-3-4-5-6-7-8-17-9-11-18(12-10-17)13-14-19(20,15-21)16-22;5-2(4(8)9)1-3(6)7/h9-12,21-22H,2-8,13-16,20H2,1H3;2H,1,5H2,(H,6,7)(H,8,9)/t;2-/m.0/s1. The molecule has 1 rings (SSSR count). The third-order valence-electron chi connectivity index (χ3n) is 5.10. The number of aliphatic carboxylic acids is 2. The predicted molar refractivity (Wildman–Crippen MR) is 121 cm³/mol. The van der Waals surface area contributed by atoms with Gasteiger partial charge >= 0.3 is 11.9 Å². The third kappa shape index (κ3) is 14.6. The Morgan fingerprint density at radius 2 is 1.39 bits per heavy atom. The van der Waals surface area contributed by atoms with Crippen molar-refractivity contribution in [3.05, 3.63) is 35.4 Å². The molecule has 0 saturated carbocycles. The van der Waals surface area contributed by atoms with Crippen LogP contribution in [0.5, 0.6) is 0 Å². The first-order chi connectivity index (χ1) is 14.7. The van der Waals surface area contributed by atoms with E-state index in [1.165, 1.54) is 49.7 Å². The quantitative estimate of drug-likeness (QED) is 0.225. The van der Waals surface area contributed by atoms with Gasteiger partial charge in [-0.1, -0.05) is 63.3 Å². The zero-order valence-electron chi connectivity index (χ0n) is 18.6. The molecule has 8 heteroatoms. The van der Waals surface area contributed by atoms with Gasteiger partial charge in [0.1, 0.15) is 6.04 Å². The van der Waals surface area contributed by atoms with Crippen LogP contribution in [0, 0.1) is 0 Å². The van der Waals surface area contributed by atoms with Gasteiger partial charge in [-0.3, -0.25) is 9.59 Å². The Morgan fingerprint density at radius 1 is 0.903 bits per heavy atom. The molecule has 0 amide bonds. The molecule has 0 aliphatic rings. The minimum atomic E-state index is -1.29. The minimum Gasteiger partial charge on any atom is -0.481 e. The molecule has 1 aromatic carbocycles. The molecule has 1 atom stereocenters. The van der Waals surface area contributed by atoms with E-state index < -0.39 is 29.9 Å². The van der Waals surface area contributed by atoms with E-state index in [1.54, 1.807) is 0 Å². The van der Waals surface area contributed by atoms with E-state index in [-0.39, 0.29) is 13.2 Å². The number of aryl methyl sites for hydroxylation is 2. The number of nitrogens with two attached hydrogens (primary N) is 2. The Morgan fingerprint density at radius 3 is 1.81 bits per heavy atom. The summed E-state index contributed by atoms with van der Waals surface area (Å²) in [4.78, 5) is 19.6. The number of aliphatic hydroxyl groups is 2. The van der Waals surface area contributed by atoms with Gasteiger partial charge < -0.3 is 31.9 Å². The number of benzene rings is 1. The van der Waals surface area contributed by atoms with E-state index in [2.05, 4.69) is 31.2 Å². The Balaban J connectivity index is 0.000000842. The van der Waals surface area contributed by atoms with Gasteiger partial charge in [-0.25, -0.2) is 0 Å². The second-order valence-electron chi connectivity index (χ2n) is 8.06. The van der Waals surface area contributed by atoms with Gasteiger partial charge in [0, 0.05) is 0 Å². The second-order valence-corrected chi connectivity index (χ2v) is 8.06. The summed E-state index contributed by atoms with van der Waals surface area (Å²) in [5.74, 6) is -2.50. The van der Waals surface area contributed by atoms with E-state index in [1.807, 2.05) is 0 Å². The number of carbonyl (C=O) groups is 2. The van der Waals surface area contributed by atoms with Gasteiger partial charge in [0.15, 0.2) is 0 Å². The molecule has 0 aliphatic carbocycles. The third-order valence-corrected chi connectivity index (χ3v) is 5.10. The van der Waals surface area contributed by atoms with Gasteiger partial charge in [0.05, 0.1) is 25.2 Å². The monoisotopic (exact) mass is 440 g/mol. The van der Waals surface area contributed by atoms with Crippen LogP contribution < -0.4 is 11.5 Å². The lowest BCUT2D eigenvalue weighted by atomic mass is 9.93. The van der Waals surface area contributed by atoms with Gasteiger partial charge in [-0.05, 0) is 36.8 Å². The fourth-order valence-electron chi connectivity index (χ4n) is 2.86. The molecule has 0 saturated heterocycles. The van der Waals surface area contributed by atoms with E-state index in [0.717, 1.165) is 12.8 Å². The average Bonchev–Trinajstić information content (AvgIpc) is 2.75. The Labute approximate surface area is 185 Å². The fraction of sp³-hybridized carbons (Fsp3) is 0.652. The summed E-state index contributed by atoms with van der Waals surface area (Å²) in [6.45, 7) is 1.89. The number of carboxylic acids is 2. The van der Waals surface area contributed by atoms with Crippen molar-refractivity contribution in [2.24, 2.45) is 11.5 Å². The zero-order valence-corrected chi connectivity index (χ0v) is 18.6. The molecule has 0 unspecified atom stereocenters. The van der Waals surface area contributed by atoms with Crippen LogP contribution in [0.4, 0.5) is 0 Å². The fourth-order valence-corrected chi connectivity index (χ4v) is 2.86. The van der Waals surface area contributed by atoms with Crippen molar-refractivity contribution in [1.82, 2.24) is 0 Å². The van der Waals surface area contributed by atoms with Crippen molar-refractivity contribution in [2.45, 2.75) is 82.7 Å². The van der Waals surface area contributed by atoms with Crippen LogP contribution in [0.25, 0.3) is 0 Å². The topological polar surface area (TPSA) is 167 Å². The van der Waals surface area contributed by atoms with Crippen LogP contribution in [0.15, 0.2) is 24.3 Å². The molecule has 0 spiro atoms. The number of hydrogen-bond acceptors (Lipinski definition) is 6. The number of carboxylic acid groups (broad SMARTS) is 2. The molecule has 8 N–H and O–H groups in total. The number of unbranched alkanes of at least 4 members (excludes halogenated alkanes) is 5. The van der Waals surface area contributed by atoms with Crippen LogP contribution in [0.1, 0.15) is 69.4 Å². The largest absolute Gasteiger partial charge is 0.481 e. The maximum atomic E-state index is 9.85. The first-order valence-electron chi connectivity index (χ1n) is 11.0. The van der Waals surface area contributed by atoms with Crippen molar-refractivity contribution in [3.8, 4) is 0 Å². The average molecular weight is 441 g/mol. The molecular weight excluding hydrogens is 400 g/mol. The van der Waals surface area contributed by atoms with E-state index >= 15 is 0 Å². The van der Waals surface area contributed by atoms with Gasteiger partial charge in [-0.15, -0.1) is 0 Å². The summed E-state index contributed by atoms with van der Waals surface area (Å²) < 4.78 is 0. The molecule has 31 heavy (non-hydrogen) atoms. The van der Waals surface area contributed by atoms with Crippen molar-refractivity contribution in [1.29, 1.82) is 0 Å². The summed E-state index contributed by atoms with van der Waals surface area (Å²) in [5, 5.41) is 34.4. The van der Waals surface area contributed by atoms with Gasteiger partial charge in [0.2, 0.25) is 0 Å². The Bertz CT molecular complexity index is 617. The highest BCUT2D eigenvalue weighted by atomic mass is 16.4. The molecule has 1 aromatic rings. The lowest BCUT2D eigenvalue weighted by molar-refractivity contribution is -0.144. The molecule has 0 heterocycles. The van der Waals surface area contributed by atoms with E-state index in [9.17, 15) is 19.8 Å². The summed E-state index contributed by atoms with van der Waals surface area (Å²) in [6, 6.07) is 7.38. The highest BCUT2D eigenvalue weighted by Gasteiger charge is 2.22. The molecule has 0 bridgehead atoms. The van der Waals surface area contributed by atoms with E-state index in [4.69, 9.17) is 21.7 Å². The molecule has 8 nitrogen and oxygen atoms in total. The molecule has 178 valence electrons. The van der Waals surface area contributed by atoms with Gasteiger partial charge in [0.25, 0.3) is 0 Å². The van der Waals surface area contributed by atoms with Crippen molar-refractivity contribution < 1.29 is 30.0 Å². The normalized spacial score (nSPS) is 12.0. The van der Waals surface area contributed by atoms with Crippen molar-refractivity contribution >= 4 is 11.9 Å². The SMILES string of the molecule is CCCCCCCCc1ccc(CCC(N)(CO)CO)cc1.N[C@@H](CC(=O)O)C(=O)O. The maximum absolute atomic E-state index is 9.85. The number of rotatable bonds is 15. The summed E-state index contributed by atoms with van der Waals surface area (Å²) in [6.07, 6.45) is 9.98. The first kappa shape index (κ1) is 29.0. The lowest BCUT2D eigenvalue weighted by Crippen LogP contribution is -2.47. The highest BCUT2D eigenvalue weighted by Crippen LogP contribution is 2.14. The maximum Gasteiger partial charge on any atom is 0.321 e. The first-order valence-corrected chi connectivity index (χ1v) is 11.0. The van der Waals surface area contributed by atoms with Crippen molar-refractivity contribution in [2.75, 3.05) is 13.2 Å². The smallest absolute Gasteiger partial charge is 0.321 e. The highest BCUT2D eigenvalue weighted by molar-refractivity contribution is 5.80. The summed E-state index contributed by atoms with van der Waals surface area (Å²) in [7, 11) is 0. The number of hydrogen-bond donors (Lipinski definition) is 6. The predicted octanol–water partition coefficient (Wildman–Crippen LogP) is 2.08. The zero-order chi connectivity index (χ0) is 23.7. The minimum absolute atomic E-state index is 0.181. The second kappa shape index (κ2) is 16.7. The summed E-state index contributed by atoms with van der Waals surface area (Å²) in [5.41, 5.74) is 12.5. The molecular formula is C23H40N2O6. The van der Waals surface area contributed by atoms with Gasteiger partial charge in [-0.2, -0.15) is 0 Å². The van der Waals surface area contributed by atoms with E-state index in [0.29, 0.717) is 6.42 Å². The molecule has 0 radical (unpaired) electrons. The van der Waals surface area contributed by atoms with Crippen LogP contribution in [0.3, 0.4) is 0 Å². The summed E-state index contributed by atoms with van der Waals surface area (Å²) >= 11 is 0. The Hall–Kier alpha value is -2.00. The Kier molecular flexibility index (Phi) is 15.6. The van der Waals surface area contributed by atoms with Crippen molar-refractivity contribution in [3.63, 3.8) is 0 Å². The lowest BCUT2D eigenvalue weighted by Gasteiger charge is -2.24. The molecule has 0 aromatic heterocycles. The van der Waals surface area contributed by atoms with Crippen LogP contribution in [0.2, 0.25) is 0 Å². The van der Waals surface area contributed by atoms with Crippen LogP contribution in [-0.2, 0) is 22.4 Å².